The molecule has 0 amide bonds. The zero-order valence-electron chi connectivity index (χ0n) is 11.5. The maximum atomic E-state index is 9.23. The summed E-state index contributed by atoms with van der Waals surface area (Å²) in [5.41, 5.74) is 2.06. The number of rotatable bonds is 4. The zero-order chi connectivity index (χ0) is 13.8. The van der Waals surface area contributed by atoms with Crippen molar-refractivity contribution in [3.05, 3.63) is 47.4 Å². The molecule has 0 saturated heterocycles. The van der Waals surface area contributed by atoms with Crippen LogP contribution in [-0.4, -0.2) is 15.1 Å². The molecule has 4 nitrogen and oxygen atoms in total. The first kappa shape index (κ1) is 13.3. The number of nitrogens with zero attached hydrogens (tertiary/aromatic N) is 2. The van der Waals surface area contributed by atoms with Gasteiger partial charge < -0.3 is 10.4 Å². The van der Waals surface area contributed by atoms with Crippen LogP contribution in [0.4, 0.5) is 5.82 Å². The molecule has 4 heteroatoms. The van der Waals surface area contributed by atoms with Crippen LogP contribution in [0.5, 0.6) is 5.75 Å². The highest BCUT2D eigenvalue weighted by Gasteiger charge is 2.05. The Hall–Kier alpha value is -2.10. The van der Waals surface area contributed by atoms with Crippen LogP contribution in [0.1, 0.15) is 36.8 Å². The van der Waals surface area contributed by atoms with Crippen molar-refractivity contribution in [1.29, 1.82) is 0 Å². The Bertz CT molecular complexity index is 550. The molecule has 2 rings (SSSR count). The topological polar surface area (TPSA) is 58.0 Å². The van der Waals surface area contributed by atoms with Gasteiger partial charge in [-0.2, -0.15) is 0 Å². The highest BCUT2D eigenvalue weighted by Crippen LogP contribution is 2.15. The van der Waals surface area contributed by atoms with Gasteiger partial charge in [-0.3, -0.25) is 0 Å². The molecule has 0 aliphatic rings. The first-order chi connectivity index (χ1) is 9.04. The number of anilines is 1. The Balaban J connectivity index is 2.08. The molecule has 2 N–H and O–H groups in total. The van der Waals surface area contributed by atoms with Crippen LogP contribution in [0.25, 0.3) is 0 Å². The number of hydrogen-bond acceptors (Lipinski definition) is 4. The molecule has 2 aromatic rings. The third kappa shape index (κ3) is 3.68. The molecule has 0 spiro atoms. The summed E-state index contributed by atoms with van der Waals surface area (Å²) in [5, 5.41) is 12.5. The average Bonchev–Trinajstić information content (AvgIpc) is 2.37. The monoisotopic (exact) mass is 257 g/mol. The number of hydrogen-bond donors (Lipinski definition) is 2. The minimum atomic E-state index is 0.281. The lowest BCUT2D eigenvalue weighted by Crippen LogP contribution is -2.06. The smallest absolute Gasteiger partial charge is 0.133 e. The van der Waals surface area contributed by atoms with Crippen molar-refractivity contribution in [3.8, 4) is 5.75 Å². The summed E-state index contributed by atoms with van der Waals surface area (Å²) in [7, 11) is 0. The van der Waals surface area contributed by atoms with Crippen LogP contribution in [0.2, 0.25) is 0 Å². The van der Waals surface area contributed by atoms with E-state index in [0.29, 0.717) is 12.5 Å². The summed E-state index contributed by atoms with van der Waals surface area (Å²) < 4.78 is 0. The molecular formula is C15H19N3O. The number of aryl methyl sites for hydroxylation is 1. The molecule has 0 radical (unpaired) electrons. The summed E-state index contributed by atoms with van der Waals surface area (Å²) in [4.78, 5) is 8.91. The van der Waals surface area contributed by atoms with Crippen LogP contribution >= 0.6 is 0 Å². The van der Waals surface area contributed by atoms with Crippen LogP contribution in [0.3, 0.4) is 0 Å². The third-order valence-corrected chi connectivity index (χ3v) is 2.80. The summed E-state index contributed by atoms with van der Waals surface area (Å²) in [5.74, 6) is 2.29. The number of phenols is 1. The Morgan fingerprint density at radius 2 is 1.84 bits per heavy atom. The van der Waals surface area contributed by atoms with Crippen molar-refractivity contribution in [1.82, 2.24) is 9.97 Å². The lowest BCUT2D eigenvalue weighted by Gasteiger charge is -2.10. The van der Waals surface area contributed by atoms with E-state index in [1.54, 1.807) is 12.1 Å². The zero-order valence-corrected chi connectivity index (χ0v) is 11.5. The second-order valence-corrected chi connectivity index (χ2v) is 4.93. The minimum Gasteiger partial charge on any atom is -0.508 e. The van der Waals surface area contributed by atoms with Crippen molar-refractivity contribution < 1.29 is 5.11 Å². The number of phenolic OH excluding ortho intramolecular Hbond substituents is 1. The van der Waals surface area contributed by atoms with E-state index in [4.69, 9.17) is 0 Å². The molecule has 1 heterocycles. The van der Waals surface area contributed by atoms with Crippen molar-refractivity contribution in [2.75, 3.05) is 5.32 Å². The lowest BCUT2D eigenvalue weighted by atomic mass is 10.2. The highest BCUT2D eigenvalue weighted by atomic mass is 16.3. The molecule has 0 unspecified atom stereocenters. The first-order valence-electron chi connectivity index (χ1n) is 6.42. The van der Waals surface area contributed by atoms with E-state index in [2.05, 4.69) is 29.1 Å². The summed E-state index contributed by atoms with van der Waals surface area (Å²) in [6.07, 6.45) is 0. The van der Waals surface area contributed by atoms with Gasteiger partial charge in [0.2, 0.25) is 0 Å². The van der Waals surface area contributed by atoms with Crippen molar-refractivity contribution in [2.24, 2.45) is 0 Å². The van der Waals surface area contributed by atoms with Gasteiger partial charge >= 0.3 is 0 Å². The molecule has 0 aliphatic carbocycles. The van der Waals surface area contributed by atoms with E-state index in [-0.39, 0.29) is 5.75 Å². The fraction of sp³-hybridized carbons (Fsp3) is 0.333. The summed E-state index contributed by atoms with van der Waals surface area (Å²) in [6, 6.07) is 9.08. The molecule has 0 atom stereocenters. The Morgan fingerprint density at radius 3 is 2.47 bits per heavy atom. The van der Waals surface area contributed by atoms with Gasteiger partial charge in [0.05, 0.1) is 0 Å². The van der Waals surface area contributed by atoms with E-state index < -0.39 is 0 Å². The molecule has 1 aromatic carbocycles. The van der Waals surface area contributed by atoms with E-state index >= 15 is 0 Å². The average molecular weight is 257 g/mol. The predicted octanol–water partition coefficient (Wildman–Crippen LogP) is 3.23. The Labute approximate surface area is 113 Å². The van der Waals surface area contributed by atoms with Gasteiger partial charge in [-0.25, -0.2) is 9.97 Å². The van der Waals surface area contributed by atoms with Crippen LogP contribution in [0.15, 0.2) is 30.3 Å². The van der Waals surface area contributed by atoms with Crippen LogP contribution in [0, 0.1) is 6.92 Å². The quantitative estimate of drug-likeness (QED) is 0.883. The number of aromatic hydroxyl groups is 1. The Morgan fingerprint density at radius 1 is 1.16 bits per heavy atom. The van der Waals surface area contributed by atoms with Crippen LogP contribution in [-0.2, 0) is 6.54 Å². The van der Waals surface area contributed by atoms with Crippen molar-refractivity contribution in [2.45, 2.75) is 33.2 Å². The number of aromatic nitrogens is 2. The lowest BCUT2D eigenvalue weighted by molar-refractivity contribution is 0.475. The van der Waals surface area contributed by atoms with Gasteiger partial charge in [-0.15, -0.1) is 0 Å². The second-order valence-electron chi connectivity index (χ2n) is 4.93. The van der Waals surface area contributed by atoms with Gasteiger partial charge in [-0.1, -0.05) is 26.0 Å². The molecule has 1 aromatic heterocycles. The predicted molar refractivity (Wildman–Crippen MR) is 76.3 cm³/mol. The first-order valence-corrected chi connectivity index (χ1v) is 6.42. The SMILES string of the molecule is Cc1cc(NCc2ccc(O)cc2)nc(C(C)C)n1. The second kappa shape index (κ2) is 5.69. The third-order valence-electron chi connectivity index (χ3n) is 2.80. The van der Waals surface area contributed by atoms with E-state index in [0.717, 1.165) is 22.9 Å². The largest absolute Gasteiger partial charge is 0.508 e. The highest BCUT2D eigenvalue weighted by molar-refractivity contribution is 5.38. The van der Waals surface area contributed by atoms with Gasteiger partial charge in [0, 0.05) is 24.2 Å². The van der Waals surface area contributed by atoms with Gasteiger partial charge in [0.1, 0.15) is 17.4 Å². The maximum Gasteiger partial charge on any atom is 0.133 e. The Kier molecular flexibility index (Phi) is 4.00. The molecular weight excluding hydrogens is 238 g/mol. The van der Waals surface area contributed by atoms with Crippen molar-refractivity contribution >= 4 is 5.82 Å². The molecule has 0 bridgehead atoms. The number of nitrogens with one attached hydrogen (secondary N) is 1. The van der Waals surface area contributed by atoms with Gasteiger partial charge in [0.25, 0.3) is 0 Å². The summed E-state index contributed by atoms with van der Waals surface area (Å²) >= 11 is 0. The van der Waals surface area contributed by atoms with Crippen LogP contribution < -0.4 is 5.32 Å². The molecule has 0 aliphatic heterocycles. The van der Waals surface area contributed by atoms with Crippen molar-refractivity contribution in [3.63, 3.8) is 0 Å². The normalized spacial score (nSPS) is 10.7. The molecule has 0 saturated carbocycles. The molecule has 100 valence electrons. The summed E-state index contributed by atoms with van der Waals surface area (Å²) in [6.45, 7) is 6.81. The van der Waals surface area contributed by atoms with Gasteiger partial charge in [0.15, 0.2) is 0 Å². The molecule has 19 heavy (non-hydrogen) atoms. The van der Waals surface area contributed by atoms with E-state index in [1.807, 2.05) is 25.1 Å². The number of benzene rings is 1. The standard InChI is InChI=1S/C15H19N3O/c1-10(2)15-17-11(3)8-14(18-15)16-9-12-4-6-13(19)7-5-12/h4-8,10,19H,9H2,1-3H3,(H,16,17,18). The van der Waals surface area contributed by atoms with E-state index in [1.165, 1.54) is 0 Å². The minimum absolute atomic E-state index is 0.281. The fourth-order valence-electron chi connectivity index (χ4n) is 1.75. The molecule has 0 fully saturated rings. The van der Waals surface area contributed by atoms with Gasteiger partial charge in [-0.05, 0) is 24.6 Å². The van der Waals surface area contributed by atoms with E-state index in [9.17, 15) is 5.11 Å². The maximum absolute atomic E-state index is 9.23. The fourth-order valence-corrected chi connectivity index (χ4v) is 1.75.